The SMILES string of the molecule is Fc1cnc(Nc2nc3c(s2)CCN(Cc2ccccc2Cl)c2[nH]ncc2-3)nc1. The molecule has 4 aromatic rings. The Morgan fingerprint density at radius 2 is 2.03 bits per heavy atom. The van der Waals surface area contributed by atoms with E-state index in [1.165, 1.54) is 11.3 Å². The maximum atomic E-state index is 13.0. The normalized spacial score (nSPS) is 13.0. The summed E-state index contributed by atoms with van der Waals surface area (Å²) in [7, 11) is 0. The average molecular weight is 428 g/mol. The van der Waals surface area contributed by atoms with Crippen LogP contribution in [0.15, 0.2) is 42.9 Å². The van der Waals surface area contributed by atoms with E-state index in [-0.39, 0.29) is 0 Å². The van der Waals surface area contributed by atoms with E-state index in [0.717, 1.165) is 57.9 Å². The molecule has 0 amide bonds. The monoisotopic (exact) mass is 427 g/mol. The fraction of sp³-hybridized carbons (Fsp3) is 0.158. The maximum absolute atomic E-state index is 13.0. The Labute approximate surface area is 174 Å². The van der Waals surface area contributed by atoms with Crippen LogP contribution in [0.1, 0.15) is 10.4 Å². The number of nitrogens with zero attached hydrogens (tertiary/aromatic N) is 5. The molecular formula is C19H15ClFN7S. The number of halogens is 2. The van der Waals surface area contributed by atoms with Gasteiger partial charge in [-0.1, -0.05) is 29.8 Å². The molecule has 0 spiro atoms. The summed E-state index contributed by atoms with van der Waals surface area (Å²) in [4.78, 5) is 16.0. The number of fused-ring (bicyclic) bond motifs is 3. The number of H-pyrrole nitrogens is 1. The van der Waals surface area contributed by atoms with Gasteiger partial charge in [-0.15, -0.1) is 11.3 Å². The molecule has 5 rings (SSSR count). The molecule has 0 radical (unpaired) electrons. The van der Waals surface area contributed by atoms with Gasteiger partial charge in [-0.3, -0.25) is 5.10 Å². The Balaban J connectivity index is 1.44. The minimum absolute atomic E-state index is 0.308. The third-order valence-electron chi connectivity index (χ3n) is 4.65. The lowest BCUT2D eigenvalue weighted by atomic mass is 10.2. The second-order valence-electron chi connectivity index (χ2n) is 6.54. The molecule has 3 aromatic heterocycles. The molecule has 0 fully saturated rings. The zero-order chi connectivity index (χ0) is 19.8. The van der Waals surface area contributed by atoms with Gasteiger partial charge in [0.1, 0.15) is 5.82 Å². The maximum Gasteiger partial charge on any atom is 0.229 e. The number of thiazole rings is 1. The van der Waals surface area contributed by atoms with Gasteiger partial charge in [-0.05, 0) is 11.6 Å². The molecule has 0 unspecified atom stereocenters. The van der Waals surface area contributed by atoms with Crippen LogP contribution in [-0.4, -0.2) is 31.7 Å². The second-order valence-corrected chi connectivity index (χ2v) is 8.03. The molecule has 0 saturated carbocycles. The first kappa shape index (κ1) is 18.0. The van der Waals surface area contributed by atoms with Gasteiger partial charge < -0.3 is 10.2 Å². The van der Waals surface area contributed by atoms with E-state index in [9.17, 15) is 4.39 Å². The first-order chi connectivity index (χ1) is 14.2. The summed E-state index contributed by atoms with van der Waals surface area (Å²) >= 11 is 7.89. The van der Waals surface area contributed by atoms with Crippen LogP contribution in [0.25, 0.3) is 11.3 Å². The van der Waals surface area contributed by atoms with Crippen molar-refractivity contribution in [3.05, 3.63) is 64.1 Å². The summed E-state index contributed by atoms with van der Waals surface area (Å²) in [6, 6.07) is 7.84. The molecule has 0 atom stereocenters. The lowest BCUT2D eigenvalue weighted by Gasteiger charge is -2.22. The summed E-state index contributed by atoms with van der Waals surface area (Å²) in [5.41, 5.74) is 2.88. The first-order valence-electron chi connectivity index (χ1n) is 8.94. The van der Waals surface area contributed by atoms with Gasteiger partial charge in [0.2, 0.25) is 5.95 Å². The third kappa shape index (κ3) is 3.54. The van der Waals surface area contributed by atoms with E-state index in [0.29, 0.717) is 17.6 Å². The van der Waals surface area contributed by atoms with E-state index < -0.39 is 5.82 Å². The van der Waals surface area contributed by atoms with Crippen LogP contribution >= 0.6 is 22.9 Å². The van der Waals surface area contributed by atoms with Gasteiger partial charge in [0.15, 0.2) is 10.9 Å². The van der Waals surface area contributed by atoms with Crippen molar-refractivity contribution in [2.45, 2.75) is 13.0 Å². The zero-order valence-corrected chi connectivity index (χ0v) is 16.6. The number of hydrogen-bond acceptors (Lipinski definition) is 7. The number of hydrogen-bond donors (Lipinski definition) is 2. The second kappa shape index (κ2) is 7.41. The average Bonchev–Trinajstić information content (AvgIpc) is 3.33. The predicted octanol–water partition coefficient (Wildman–Crippen LogP) is 4.42. The minimum Gasteiger partial charge on any atom is -0.352 e. The van der Waals surface area contributed by atoms with Gasteiger partial charge in [-0.2, -0.15) is 5.10 Å². The molecule has 0 bridgehead atoms. The number of benzene rings is 1. The Bertz CT molecular complexity index is 1160. The summed E-state index contributed by atoms with van der Waals surface area (Å²) in [5.74, 6) is 0.744. The molecule has 1 aliphatic rings. The van der Waals surface area contributed by atoms with E-state index in [1.807, 2.05) is 24.3 Å². The lowest BCUT2D eigenvalue weighted by Crippen LogP contribution is -2.25. The molecule has 2 N–H and O–H groups in total. The number of nitrogens with one attached hydrogen (secondary N) is 2. The predicted molar refractivity (Wildman–Crippen MR) is 111 cm³/mol. The van der Waals surface area contributed by atoms with Crippen molar-refractivity contribution in [3.8, 4) is 11.3 Å². The van der Waals surface area contributed by atoms with Gasteiger partial charge in [0, 0.05) is 29.4 Å². The summed E-state index contributed by atoms with van der Waals surface area (Å²) in [6.07, 6.45) is 4.85. The molecule has 10 heteroatoms. The Kier molecular flexibility index (Phi) is 4.61. The number of aromatic nitrogens is 5. The summed E-state index contributed by atoms with van der Waals surface area (Å²) < 4.78 is 13.0. The minimum atomic E-state index is -0.480. The molecule has 7 nitrogen and oxygen atoms in total. The van der Waals surface area contributed by atoms with Crippen molar-refractivity contribution in [3.63, 3.8) is 0 Å². The van der Waals surface area contributed by atoms with Crippen LogP contribution in [0.2, 0.25) is 5.02 Å². The van der Waals surface area contributed by atoms with Crippen LogP contribution < -0.4 is 10.2 Å². The van der Waals surface area contributed by atoms with Crippen molar-refractivity contribution in [1.29, 1.82) is 0 Å². The zero-order valence-electron chi connectivity index (χ0n) is 15.1. The summed E-state index contributed by atoms with van der Waals surface area (Å²) in [5, 5.41) is 11.8. The largest absolute Gasteiger partial charge is 0.352 e. The highest BCUT2D eigenvalue weighted by Crippen LogP contribution is 2.39. The van der Waals surface area contributed by atoms with E-state index in [1.54, 1.807) is 6.20 Å². The standard InChI is InChI=1S/C19H15ClFN7S/c20-14-4-2-1-3-11(14)10-28-6-5-15-16(13-9-24-27-17(13)28)25-19(29-15)26-18-22-7-12(21)8-23-18/h1-4,7-9H,5-6,10H2,(H,24,27)(H,22,23,25,26). The Morgan fingerprint density at radius 3 is 2.86 bits per heavy atom. The number of aromatic amines is 1. The van der Waals surface area contributed by atoms with Crippen LogP contribution in [0.5, 0.6) is 0 Å². The van der Waals surface area contributed by atoms with Crippen LogP contribution in [0, 0.1) is 5.82 Å². The number of anilines is 3. The quantitative estimate of drug-likeness (QED) is 0.501. The highest BCUT2D eigenvalue weighted by atomic mass is 35.5. The van der Waals surface area contributed by atoms with Crippen LogP contribution in [-0.2, 0) is 13.0 Å². The highest BCUT2D eigenvalue weighted by molar-refractivity contribution is 7.16. The van der Waals surface area contributed by atoms with Crippen molar-refractivity contribution in [2.75, 3.05) is 16.8 Å². The van der Waals surface area contributed by atoms with E-state index in [4.69, 9.17) is 16.6 Å². The van der Waals surface area contributed by atoms with E-state index >= 15 is 0 Å². The molecule has 1 aliphatic heterocycles. The molecule has 1 aromatic carbocycles. The lowest BCUT2D eigenvalue weighted by molar-refractivity contribution is 0.614. The topological polar surface area (TPSA) is 82.6 Å². The third-order valence-corrected chi connectivity index (χ3v) is 6.05. The van der Waals surface area contributed by atoms with E-state index in [2.05, 4.69) is 30.4 Å². The van der Waals surface area contributed by atoms with Crippen molar-refractivity contribution < 1.29 is 4.39 Å². The van der Waals surface area contributed by atoms with Gasteiger partial charge in [0.25, 0.3) is 0 Å². The molecule has 29 heavy (non-hydrogen) atoms. The van der Waals surface area contributed by atoms with Crippen molar-refractivity contribution in [2.24, 2.45) is 0 Å². The molecule has 0 aliphatic carbocycles. The molecule has 146 valence electrons. The highest BCUT2D eigenvalue weighted by Gasteiger charge is 2.26. The molecule has 4 heterocycles. The Morgan fingerprint density at radius 1 is 1.21 bits per heavy atom. The fourth-order valence-electron chi connectivity index (χ4n) is 3.29. The van der Waals surface area contributed by atoms with Crippen LogP contribution in [0.4, 0.5) is 21.3 Å². The fourth-order valence-corrected chi connectivity index (χ4v) is 4.44. The van der Waals surface area contributed by atoms with Gasteiger partial charge in [0.05, 0.1) is 29.8 Å². The summed E-state index contributed by atoms with van der Waals surface area (Å²) in [6.45, 7) is 1.47. The Hall–Kier alpha value is -3.04. The first-order valence-corrected chi connectivity index (χ1v) is 10.1. The smallest absolute Gasteiger partial charge is 0.229 e. The van der Waals surface area contributed by atoms with Crippen LogP contribution in [0.3, 0.4) is 0 Å². The van der Waals surface area contributed by atoms with Gasteiger partial charge >= 0.3 is 0 Å². The number of rotatable bonds is 4. The molecular weight excluding hydrogens is 413 g/mol. The van der Waals surface area contributed by atoms with Crippen molar-refractivity contribution in [1.82, 2.24) is 25.1 Å². The molecule has 0 saturated heterocycles. The van der Waals surface area contributed by atoms with Gasteiger partial charge in [-0.25, -0.2) is 19.3 Å². The van der Waals surface area contributed by atoms with Crippen molar-refractivity contribution >= 4 is 39.8 Å².